The summed E-state index contributed by atoms with van der Waals surface area (Å²) < 4.78 is 24.9. The van der Waals surface area contributed by atoms with E-state index in [4.69, 9.17) is 16.9 Å². The molecule has 186 valence electrons. The molecule has 5 aromatic heterocycles. The Morgan fingerprint density at radius 2 is 1.84 bits per heavy atom. The van der Waals surface area contributed by atoms with E-state index < -0.39 is 5.82 Å². The van der Waals surface area contributed by atoms with Gasteiger partial charge in [-0.15, -0.1) is 6.42 Å². The van der Waals surface area contributed by atoms with E-state index in [0.717, 1.165) is 22.4 Å². The van der Waals surface area contributed by atoms with Crippen LogP contribution in [0.3, 0.4) is 0 Å². The molecular formula is C28H21FN8O. The number of hydrogen-bond acceptors (Lipinski definition) is 7. The highest BCUT2D eigenvalue weighted by atomic mass is 19.1. The smallest absolute Gasteiger partial charge is 0.322 e. The van der Waals surface area contributed by atoms with Gasteiger partial charge >= 0.3 is 6.01 Å². The van der Waals surface area contributed by atoms with Crippen LogP contribution in [0.4, 0.5) is 10.2 Å². The number of rotatable bonds is 4. The molecule has 38 heavy (non-hydrogen) atoms. The fourth-order valence-corrected chi connectivity index (χ4v) is 4.69. The van der Waals surface area contributed by atoms with Crippen molar-refractivity contribution in [2.24, 2.45) is 14.1 Å². The molecule has 0 spiro atoms. The van der Waals surface area contributed by atoms with Crippen molar-refractivity contribution in [2.45, 2.75) is 6.92 Å². The molecule has 0 bridgehead atoms. The predicted molar refractivity (Wildman–Crippen MR) is 143 cm³/mol. The fraction of sp³-hybridized carbons (Fsp3) is 0.107. The molecule has 0 fully saturated rings. The number of nitrogens with two attached hydrogens (primary N) is 1. The predicted octanol–water partition coefficient (Wildman–Crippen LogP) is 4.78. The van der Waals surface area contributed by atoms with Crippen LogP contribution in [0.2, 0.25) is 0 Å². The molecule has 5 heterocycles. The maximum atomic E-state index is 15.4. The zero-order valence-corrected chi connectivity index (χ0v) is 20.8. The number of benzene rings is 1. The van der Waals surface area contributed by atoms with Crippen molar-refractivity contribution in [1.82, 2.24) is 34.1 Å². The van der Waals surface area contributed by atoms with Crippen molar-refractivity contribution in [3.63, 3.8) is 0 Å². The molecule has 0 aliphatic heterocycles. The van der Waals surface area contributed by atoms with Crippen LogP contribution in [0, 0.1) is 25.1 Å². The van der Waals surface area contributed by atoms with Gasteiger partial charge in [-0.3, -0.25) is 0 Å². The molecule has 10 heteroatoms. The summed E-state index contributed by atoms with van der Waals surface area (Å²) in [5.41, 5.74) is 12.7. The minimum atomic E-state index is -0.580. The van der Waals surface area contributed by atoms with Gasteiger partial charge in [0.2, 0.25) is 0 Å². The van der Waals surface area contributed by atoms with Crippen LogP contribution in [0.5, 0.6) is 11.8 Å². The van der Waals surface area contributed by atoms with Gasteiger partial charge in [0.1, 0.15) is 23.5 Å². The van der Waals surface area contributed by atoms with E-state index in [9.17, 15) is 0 Å². The average Bonchev–Trinajstić information content (AvgIpc) is 3.39. The van der Waals surface area contributed by atoms with Crippen LogP contribution >= 0.6 is 0 Å². The number of nitrogen functional groups attached to an aromatic ring is 1. The summed E-state index contributed by atoms with van der Waals surface area (Å²) in [6, 6.07) is 12.2. The van der Waals surface area contributed by atoms with Gasteiger partial charge in [-0.2, -0.15) is 0 Å². The van der Waals surface area contributed by atoms with E-state index >= 15 is 4.39 Å². The molecule has 0 saturated carbocycles. The van der Waals surface area contributed by atoms with Crippen LogP contribution in [0.1, 0.15) is 11.4 Å². The van der Waals surface area contributed by atoms with Crippen LogP contribution in [0.25, 0.3) is 44.6 Å². The van der Waals surface area contributed by atoms with E-state index in [0.29, 0.717) is 33.5 Å². The lowest BCUT2D eigenvalue weighted by atomic mass is 10.0. The van der Waals surface area contributed by atoms with E-state index in [1.54, 1.807) is 37.4 Å². The summed E-state index contributed by atoms with van der Waals surface area (Å²) >= 11 is 0. The van der Waals surface area contributed by atoms with Crippen LogP contribution in [-0.2, 0) is 14.1 Å². The summed E-state index contributed by atoms with van der Waals surface area (Å²) in [4.78, 5) is 21.5. The number of hydrogen-bond donors (Lipinski definition) is 1. The van der Waals surface area contributed by atoms with Gasteiger partial charge in [0.05, 0.1) is 27.8 Å². The first-order valence-corrected chi connectivity index (χ1v) is 11.7. The lowest BCUT2D eigenvalue weighted by Gasteiger charge is -2.11. The quantitative estimate of drug-likeness (QED) is 0.344. The highest BCUT2D eigenvalue weighted by Gasteiger charge is 2.25. The Bertz CT molecular complexity index is 1930. The highest BCUT2D eigenvalue weighted by molar-refractivity contribution is 6.08. The molecular weight excluding hydrogens is 483 g/mol. The molecule has 6 rings (SSSR count). The Balaban J connectivity index is 1.57. The monoisotopic (exact) mass is 504 g/mol. The van der Waals surface area contributed by atoms with Crippen LogP contribution < -0.4 is 10.5 Å². The first kappa shape index (κ1) is 23.1. The van der Waals surface area contributed by atoms with Gasteiger partial charge in [0, 0.05) is 31.5 Å². The molecule has 0 aliphatic carbocycles. The lowest BCUT2D eigenvalue weighted by molar-refractivity contribution is 0.410. The van der Waals surface area contributed by atoms with E-state index in [-0.39, 0.29) is 17.6 Å². The van der Waals surface area contributed by atoms with Crippen molar-refractivity contribution in [3.05, 3.63) is 72.2 Å². The van der Waals surface area contributed by atoms with Crippen LogP contribution in [0.15, 0.2) is 55.0 Å². The molecule has 0 amide bonds. The first-order valence-electron chi connectivity index (χ1n) is 11.7. The Morgan fingerprint density at radius 3 is 2.61 bits per heavy atom. The number of fused-ring (bicyclic) bond motifs is 2. The molecule has 0 aliphatic rings. The minimum Gasteiger partial charge on any atom is -0.421 e. The molecule has 2 N–H and O–H groups in total. The van der Waals surface area contributed by atoms with Gasteiger partial charge in [-0.1, -0.05) is 12.0 Å². The summed E-state index contributed by atoms with van der Waals surface area (Å²) in [5.74, 6) is 2.28. The normalized spacial score (nSPS) is 11.2. The number of terminal acetylenes is 1. The van der Waals surface area contributed by atoms with Gasteiger partial charge in [0.25, 0.3) is 0 Å². The number of halogens is 1. The number of pyridine rings is 1. The third kappa shape index (κ3) is 3.60. The van der Waals surface area contributed by atoms with Gasteiger partial charge < -0.3 is 19.6 Å². The van der Waals surface area contributed by atoms with Crippen molar-refractivity contribution in [3.8, 4) is 46.6 Å². The van der Waals surface area contributed by atoms with Crippen molar-refractivity contribution >= 4 is 27.9 Å². The summed E-state index contributed by atoms with van der Waals surface area (Å²) in [5, 5.41) is 0.614. The van der Waals surface area contributed by atoms with E-state index in [1.807, 2.05) is 35.4 Å². The number of aromatic nitrogens is 7. The Morgan fingerprint density at radius 1 is 1.00 bits per heavy atom. The maximum absolute atomic E-state index is 15.4. The number of aryl methyl sites for hydroxylation is 3. The van der Waals surface area contributed by atoms with Gasteiger partial charge in [-0.25, -0.2) is 29.3 Å². The molecule has 9 nitrogen and oxygen atoms in total. The standard InChI is InChI=1S/C28H21FN8O/c1-5-17-7-8-20-19(35-17)13-21(36(20)3)25-23(24-26(30)32-14-33-27(24)37(25)4)16-6-9-22(18(29)12-16)38-28-31-11-10-15(2)34-28/h1,6-14H,2-4H3,(H2,30,32,33). The Kier molecular flexibility index (Phi) is 5.28. The zero-order valence-electron chi connectivity index (χ0n) is 20.8. The largest absolute Gasteiger partial charge is 0.421 e. The highest BCUT2D eigenvalue weighted by Crippen LogP contribution is 2.43. The Hall–Kier alpha value is -5.30. The zero-order chi connectivity index (χ0) is 26.6. The van der Waals surface area contributed by atoms with Crippen LogP contribution in [-0.4, -0.2) is 34.1 Å². The second kappa shape index (κ2) is 8.67. The second-order valence-electron chi connectivity index (χ2n) is 8.80. The SMILES string of the molecule is C#Cc1ccc2c(cc(-c3c(-c4ccc(Oc5nccc(C)n5)c(F)c4)c4c(N)ncnc4n3C)n2C)n1. The Labute approximate surface area is 216 Å². The molecule has 0 atom stereocenters. The molecule has 6 aromatic rings. The summed E-state index contributed by atoms with van der Waals surface area (Å²) in [6.45, 7) is 1.80. The van der Waals surface area contributed by atoms with Gasteiger partial charge in [0.15, 0.2) is 11.6 Å². The topological polar surface area (TPSA) is 110 Å². The van der Waals surface area contributed by atoms with Crippen molar-refractivity contribution < 1.29 is 9.13 Å². The summed E-state index contributed by atoms with van der Waals surface area (Å²) in [7, 11) is 3.82. The van der Waals surface area contributed by atoms with Crippen molar-refractivity contribution in [1.29, 1.82) is 0 Å². The number of nitrogens with zero attached hydrogens (tertiary/aromatic N) is 7. The van der Waals surface area contributed by atoms with E-state index in [2.05, 4.69) is 30.8 Å². The number of anilines is 1. The van der Waals surface area contributed by atoms with Gasteiger partial charge in [-0.05, 0) is 48.9 Å². The van der Waals surface area contributed by atoms with E-state index in [1.165, 1.54) is 12.4 Å². The molecule has 0 saturated heterocycles. The summed E-state index contributed by atoms with van der Waals surface area (Å²) in [6.07, 6.45) is 8.53. The molecule has 1 aromatic carbocycles. The fourth-order valence-electron chi connectivity index (χ4n) is 4.69. The minimum absolute atomic E-state index is 0.000905. The average molecular weight is 505 g/mol. The second-order valence-corrected chi connectivity index (χ2v) is 8.80. The molecule has 0 unspecified atom stereocenters. The first-order chi connectivity index (χ1) is 18.4. The third-order valence-electron chi connectivity index (χ3n) is 6.48. The number of ether oxygens (including phenoxy) is 1. The lowest BCUT2D eigenvalue weighted by Crippen LogP contribution is -1.99. The molecule has 0 radical (unpaired) electrons. The maximum Gasteiger partial charge on any atom is 0.322 e. The third-order valence-corrected chi connectivity index (χ3v) is 6.48. The van der Waals surface area contributed by atoms with Crippen molar-refractivity contribution in [2.75, 3.05) is 5.73 Å².